The third kappa shape index (κ3) is 5.03. The molecule has 0 aliphatic heterocycles. The second kappa shape index (κ2) is 9.84. The number of esters is 1. The number of nitrogens with one attached hydrogen (secondary N) is 1. The molecule has 1 N–H and O–H groups in total. The van der Waals surface area contributed by atoms with Crippen molar-refractivity contribution in [3.05, 3.63) is 29.3 Å². The minimum Gasteiger partial charge on any atom is -0.464 e. The van der Waals surface area contributed by atoms with Crippen LogP contribution in [0.25, 0.3) is 11.3 Å². The lowest BCUT2D eigenvalue weighted by Crippen LogP contribution is -2.30. The minimum absolute atomic E-state index is 0.0607. The van der Waals surface area contributed by atoms with E-state index in [0.717, 1.165) is 12.8 Å². The molecule has 0 unspecified atom stereocenters. The van der Waals surface area contributed by atoms with Gasteiger partial charge < -0.3 is 14.5 Å². The van der Waals surface area contributed by atoms with Gasteiger partial charge >= 0.3 is 5.97 Å². The molecule has 0 spiro atoms. The lowest BCUT2D eigenvalue weighted by atomic mass is 10.1. The number of aromatic nitrogens is 2. The van der Waals surface area contributed by atoms with Gasteiger partial charge in [-0.2, -0.15) is 0 Å². The van der Waals surface area contributed by atoms with E-state index in [4.69, 9.17) is 9.15 Å². The molecule has 0 bridgehead atoms. The normalized spacial score (nSPS) is 13.1. The van der Waals surface area contributed by atoms with Gasteiger partial charge in [-0.3, -0.25) is 14.5 Å². The number of thiophene rings is 1. The zero-order valence-corrected chi connectivity index (χ0v) is 19.8. The van der Waals surface area contributed by atoms with E-state index in [1.807, 2.05) is 0 Å². The van der Waals surface area contributed by atoms with Crippen LogP contribution in [0, 0.1) is 0 Å². The molecule has 12 heteroatoms. The zero-order chi connectivity index (χ0) is 22.7. The predicted octanol–water partition coefficient (Wildman–Crippen LogP) is 4.28. The van der Waals surface area contributed by atoms with Crippen molar-refractivity contribution in [3.8, 4) is 11.3 Å². The highest BCUT2D eigenvalue weighted by Crippen LogP contribution is 2.38. The molecule has 3 aromatic heterocycles. The van der Waals surface area contributed by atoms with Crippen LogP contribution in [-0.4, -0.2) is 46.4 Å². The number of rotatable bonds is 9. The Bertz CT molecular complexity index is 1120. The first-order chi connectivity index (χ1) is 15.5. The van der Waals surface area contributed by atoms with Crippen molar-refractivity contribution in [1.29, 1.82) is 0 Å². The van der Waals surface area contributed by atoms with E-state index in [9.17, 15) is 14.4 Å². The van der Waals surface area contributed by atoms with Gasteiger partial charge in [0, 0.05) is 23.9 Å². The fraction of sp³-hybridized carbons (Fsp3) is 0.350. The quantitative estimate of drug-likeness (QED) is 0.267. The van der Waals surface area contributed by atoms with Gasteiger partial charge in [-0.05, 0) is 31.9 Å². The van der Waals surface area contributed by atoms with Crippen LogP contribution in [0.2, 0.25) is 0 Å². The topological polar surface area (TPSA) is 115 Å². The molecule has 32 heavy (non-hydrogen) atoms. The van der Waals surface area contributed by atoms with Crippen molar-refractivity contribution in [2.75, 3.05) is 22.6 Å². The van der Waals surface area contributed by atoms with Gasteiger partial charge in [0.2, 0.25) is 16.9 Å². The van der Waals surface area contributed by atoms with E-state index >= 15 is 0 Å². The summed E-state index contributed by atoms with van der Waals surface area (Å²) in [6.07, 6.45) is 3.45. The Balaban J connectivity index is 1.42. The van der Waals surface area contributed by atoms with Crippen molar-refractivity contribution in [2.24, 2.45) is 0 Å². The summed E-state index contributed by atoms with van der Waals surface area (Å²) in [7, 11) is 0. The van der Waals surface area contributed by atoms with Crippen molar-refractivity contribution >= 4 is 62.4 Å². The second-order valence-electron chi connectivity index (χ2n) is 6.86. The summed E-state index contributed by atoms with van der Waals surface area (Å²) in [5, 5.41) is 13.7. The molecule has 1 aliphatic rings. The van der Waals surface area contributed by atoms with E-state index in [1.165, 1.54) is 47.6 Å². The van der Waals surface area contributed by atoms with Gasteiger partial charge in [-0.25, -0.2) is 4.79 Å². The standard InChI is InChI=1S/C20H20N4O5S3/c1-3-28-18(27)16-13(14-5-4-8-29-14)9-30-17(16)21-15(26)10-31-20-23-22-19(32-20)24(11(2)25)12-6-7-12/h4-5,8-9,12H,3,6-7,10H2,1-2H3,(H,21,26). The number of nitrogens with zero attached hydrogens (tertiary/aromatic N) is 3. The van der Waals surface area contributed by atoms with Crippen LogP contribution in [0.1, 0.15) is 37.0 Å². The summed E-state index contributed by atoms with van der Waals surface area (Å²) in [5.41, 5.74) is 0.837. The first kappa shape index (κ1) is 22.5. The summed E-state index contributed by atoms with van der Waals surface area (Å²) >= 11 is 3.74. The number of carbonyl (C=O) groups is 3. The molecular formula is C20H20N4O5S3. The van der Waals surface area contributed by atoms with Crippen LogP contribution in [0.15, 0.2) is 32.5 Å². The van der Waals surface area contributed by atoms with Gasteiger partial charge in [0.1, 0.15) is 16.3 Å². The molecule has 0 radical (unpaired) electrons. The molecule has 4 rings (SSSR count). The first-order valence-corrected chi connectivity index (χ1v) is 12.5. The van der Waals surface area contributed by atoms with Crippen LogP contribution in [0.3, 0.4) is 0 Å². The van der Waals surface area contributed by atoms with E-state index in [-0.39, 0.29) is 35.8 Å². The van der Waals surface area contributed by atoms with Crippen molar-refractivity contribution in [2.45, 2.75) is 37.1 Å². The monoisotopic (exact) mass is 492 g/mol. The van der Waals surface area contributed by atoms with Crippen LogP contribution in [0.5, 0.6) is 0 Å². The molecule has 0 aromatic carbocycles. The first-order valence-electron chi connectivity index (χ1n) is 9.86. The second-order valence-corrected chi connectivity index (χ2v) is 9.92. The average Bonchev–Trinajstić information content (AvgIpc) is 3.14. The van der Waals surface area contributed by atoms with Crippen LogP contribution < -0.4 is 10.2 Å². The summed E-state index contributed by atoms with van der Waals surface area (Å²) in [6.45, 7) is 3.45. The number of amides is 2. The molecular weight excluding hydrogens is 472 g/mol. The summed E-state index contributed by atoms with van der Waals surface area (Å²) in [6, 6.07) is 3.67. The lowest BCUT2D eigenvalue weighted by molar-refractivity contribution is -0.116. The van der Waals surface area contributed by atoms with Gasteiger partial charge in [-0.15, -0.1) is 21.5 Å². The van der Waals surface area contributed by atoms with Gasteiger partial charge in [0.25, 0.3) is 0 Å². The third-order valence-corrected chi connectivity index (χ3v) is 7.44. The maximum absolute atomic E-state index is 12.6. The predicted molar refractivity (Wildman–Crippen MR) is 123 cm³/mol. The van der Waals surface area contributed by atoms with E-state index in [2.05, 4.69) is 15.5 Å². The molecule has 1 fully saturated rings. The van der Waals surface area contributed by atoms with E-state index in [0.29, 0.717) is 25.8 Å². The fourth-order valence-corrected chi connectivity index (χ4v) is 5.71. The molecule has 168 valence electrons. The van der Waals surface area contributed by atoms with Gasteiger partial charge in [0.15, 0.2) is 4.34 Å². The largest absolute Gasteiger partial charge is 0.464 e. The highest BCUT2D eigenvalue weighted by molar-refractivity contribution is 8.01. The SMILES string of the molecule is CCOC(=O)c1c(-c2ccco2)csc1NC(=O)CSc1nnc(N(C(C)=O)C2CC2)s1. The number of ether oxygens (including phenoxy) is 1. The Kier molecular flexibility index (Phi) is 6.92. The molecule has 3 heterocycles. The molecule has 2 amide bonds. The number of anilines is 2. The van der Waals surface area contributed by atoms with Crippen molar-refractivity contribution < 1.29 is 23.5 Å². The third-order valence-electron chi connectivity index (χ3n) is 4.49. The lowest BCUT2D eigenvalue weighted by Gasteiger charge is -2.15. The number of hydrogen-bond acceptors (Lipinski definition) is 10. The van der Waals surface area contributed by atoms with Crippen LogP contribution >= 0.6 is 34.4 Å². The number of hydrogen-bond donors (Lipinski definition) is 1. The van der Waals surface area contributed by atoms with E-state index < -0.39 is 5.97 Å². The van der Waals surface area contributed by atoms with Crippen LogP contribution in [-0.2, 0) is 14.3 Å². The maximum atomic E-state index is 12.6. The molecule has 0 atom stereocenters. The number of furan rings is 1. The zero-order valence-electron chi connectivity index (χ0n) is 17.3. The summed E-state index contributed by atoms with van der Waals surface area (Å²) < 4.78 is 11.2. The Morgan fingerprint density at radius 2 is 2.16 bits per heavy atom. The van der Waals surface area contributed by atoms with E-state index in [1.54, 1.807) is 29.3 Å². The Hall–Kier alpha value is -2.70. The molecule has 9 nitrogen and oxygen atoms in total. The smallest absolute Gasteiger partial charge is 0.341 e. The molecule has 3 aromatic rings. The molecule has 1 saturated carbocycles. The maximum Gasteiger partial charge on any atom is 0.341 e. The molecule has 0 saturated heterocycles. The number of thioether (sulfide) groups is 1. The molecule has 1 aliphatic carbocycles. The summed E-state index contributed by atoms with van der Waals surface area (Å²) in [5.74, 6) is -0.285. The summed E-state index contributed by atoms with van der Waals surface area (Å²) in [4.78, 5) is 38.6. The van der Waals surface area contributed by atoms with Crippen molar-refractivity contribution in [1.82, 2.24) is 10.2 Å². The minimum atomic E-state index is -0.527. The van der Waals surface area contributed by atoms with Crippen LogP contribution in [0.4, 0.5) is 10.1 Å². The highest BCUT2D eigenvalue weighted by atomic mass is 32.2. The van der Waals surface area contributed by atoms with Gasteiger partial charge in [-0.1, -0.05) is 23.1 Å². The Morgan fingerprint density at radius 1 is 1.34 bits per heavy atom. The fourth-order valence-electron chi connectivity index (χ4n) is 3.00. The highest BCUT2D eigenvalue weighted by Gasteiger charge is 2.34. The van der Waals surface area contributed by atoms with Crippen molar-refractivity contribution in [3.63, 3.8) is 0 Å². The Labute approximate surface area is 196 Å². The number of carbonyl (C=O) groups excluding carboxylic acids is 3. The van der Waals surface area contributed by atoms with Gasteiger partial charge in [0.05, 0.1) is 18.6 Å². The average molecular weight is 493 g/mol. The Morgan fingerprint density at radius 3 is 2.81 bits per heavy atom.